The van der Waals surface area contributed by atoms with Gasteiger partial charge in [-0.2, -0.15) is 0 Å². The van der Waals surface area contributed by atoms with Gasteiger partial charge in [-0.25, -0.2) is 13.1 Å². The Bertz CT molecular complexity index is 525. The van der Waals surface area contributed by atoms with Gasteiger partial charge in [0.05, 0.1) is 4.90 Å². The van der Waals surface area contributed by atoms with Crippen LogP contribution in [0.3, 0.4) is 0 Å². The predicted molar refractivity (Wildman–Crippen MR) is 72.6 cm³/mol. The molecule has 1 aromatic rings. The summed E-state index contributed by atoms with van der Waals surface area (Å²) < 4.78 is 26.4. The van der Waals surface area contributed by atoms with Gasteiger partial charge in [-0.1, -0.05) is 19.1 Å². The summed E-state index contributed by atoms with van der Waals surface area (Å²) in [5.41, 5.74) is 0.403. The van der Waals surface area contributed by atoms with Crippen LogP contribution >= 0.6 is 0 Å². The highest BCUT2D eigenvalue weighted by Crippen LogP contribution is 2.13. The summed E-state index contributed by atoms with van der Waals surface area (Å²) >= 11 is 0. The van der Waals surface area contributed by atoms with Crippen LogP contribution in [-0.4, -0.2) is 32.5 Å². The molecule has 0 aliphatic rings. The number of hydrogen-bond acceptors (Lipinski definition) is 4. The number of ketones is 1. The molecule has 0 aromatic heterocycles. The van der Waals surface area contributed by atoms with Crippen LogP contribution in [0.15, 0.2) is 29.2 Å². The lowest BCUT2D eigenvalue weighted by Crippen LogP contribution is -2.25. The molecule has 5 nitrogen and oxygen atoms in total. The van der Waals surface area contributed by atoms with Crippen molar-refractivity contribution < 1.29 is 18.3 Å². The summed E-state index contributed by atoms with van der Waals surface area (Å²) in [5, 5.41) is 8.62. The number of carbonyl (C=O) groups is 1. The highest BCUT2D eigenvalue weighted by atomic mass is 32.2. The Morgan fingerprint density at radius 2 is 2.05 bits per heavy atom. The average Bonchev–Trinajstić information content (AvgIpc) is 2.43. The maximum atomic E-state index is 12.0. The normalized spacial score (nSPS) is 11.5. The van der Waals surface area contributed by atoms with Crippen molar-refractivity contribution >= 4 is 15.8 Å². The highest BCUT2D eigenvalue weighted by molar-refractivity contribution is 7.89. The summed E-state index contributed by atoms with van der Waals surface area (Å²) in [6.07, 6.45) is 1.47. The molecule has 0 atom stereocenters. The number of unbranched alkanes of at least 4 members (excludes halogenated alkanes) is 1. The maximum absolute atomic E-state index is 12.0. The van der Waals surface area contributed by atoms with Gasteiger partial charge in [0, 0.05) is 25.1 Å². The molecule has 1 aromatic carbocycles. The number of hydrogen-bond donors (Lipinski definition) is 2. The van der Waals surface area contributed by atoms with Crippen molar-refractivity contribution in [1.29, 1.82) is 0 Å². The minimum atomic E-state index is -3.59. The van der Waals surface area contributed by atoms with Crippen LogP contribution in [0.25, 0.3) is 0 Å². The van der Waals surface area contributed by atoms with Crippen LogP contribution in [0.4, 0.5) is 0 Å². The Kier molecular flexibility index (Phi) is 6.14. The lowest BCUT2D eigenvalue weighted by Gasteiger charge is -2.07. The van der Waals surface area contributed by atoms with Crippen molar-refractivity contribution in [3.63, 3.8) is 0 Å². The van der Waals surface area contributed by atoms with Gasteiger partial charge in [0.2, 0.25) is 10.0 Å². The number of carbonyl (C=O) groups excluding carboxylic acids is 1. The predicted octanol–water partition coefficient (Wildman–Crippen LogP) is 1.33. The van der Waals surface area contributed by atoms with Gasteiger partial charge in [0.25, 0.3) is 0 Å². The molecule has 0 radical (unpaired) electrons. The lowest BCUT2D eigenvalue weighted by molar-refractivity contribution is 0.0988. The molecule has 106 valence electrons. The van der Waals surface area contributed by atoms with Gasteiger partial charge < -0.3 is 5.11 Å². The molecule has 0 amide bonds. The SMILES string of the molecule is CCC(=O)c1cccc(S(=O)(=O)NCCCCO)c1. The van der Waals surface area contributed by atoms with Crippen LogP contribution in [0.5, 0.6) is 0 Å². The summed E-state index contributed by atoms with van der Waals surface area (Å²) in [5.74, 6) is -0.0858. The van der Waals surface area contributed by atoms with E-state index >= 15 is 0 Å². The summed E-state index contributed by atoms with van der Waals surface area (Å²) in [6.45, 7) is 2.05. The van der Waals surface area contributed by atoms with Crippen molar-refractivity contribution in [1.82, 2.24) is 4.72 Å². The second-order valence-corrected chi connectivity index (χ2v) is 5.90. The molecule has 1 rings (SSSR count). The van der Waals surface area contributed by atoms with Gasteiger partial charge in [-0.3, -0.25) is 4.79 Å². The molecule has 0 heterocycles. The van der Waals surface area contributed by atoms with Crippen molar-refractivity contribution in [3.05, 3.63) is 29.8 Å². The summed E-state index contributed by atoms with van der Waals surface area (Å²) in [7, 11) is -3.59. The van der Waals surface area contributed by atoms with E-state index in [1.165, 1.54) is 12.1 Å². The van der Waals surface area contributed by atoms with Crippen molar-refractivity contribution in [2.75, 3.05) is 13.2 Å². The van der Waals surface area contributed by atoms with Gasteiger partial charge in [-0.15, -0.1) is 0 Å². The first-order chi connectivity index (χ1) is 9.01. The Morgan fingerprint density at radius 1 is 1.32 bits per heavy atom. The second-order valence-electron chi connectivity index (χ2n) is 4.13. The number of nitrogens with one attached hydrogen (secondary N) is 1. The van der Waals surface area contributed by atoms with E-state index in [9.17, 15) is 13.2 Å². The highest BCUT2D eigenvalue weighted by Gasteiger charge is 2.15. The van der Waals surface area contributed by atoms with E-state index in [1.807, 2.05) is 0 Å². The molecule has 0 bridgehead atoms. The zero-order valence-electron chi connectivity index (χ0n) is 10.9. The molecule has 0 fully saturated rings. The fourth-order valence-corrected chi connectivity index (χ4v) is 2.69. The van der Waals surface area contributed by atoms with E-state index in [1.54, 1.807) is 19.1 Å². The van der Waals surface area contributed by atoms with E-state index in [2.05, 4.69) is 4.72 Å². The fraction of sp³-hybridized carbons (Fsp3) is 0.462. The minimum absolute atomic E-state index is 0.0439. The van der Waals surface area contributed by atoms with Gasteiger partial charge in [-0.05, 0) is 25.0 Å². The maximum Gasteiger partial charge on any atom is 0.240 e. The number of sulfonamides is 1. The molecule has 6 heteroatoms. The van der Waals surface area contributed by atoms with Crippen LogP contribution in [-0.2, 0) is 10.0 Å². The van der Waals surface area contributed by atoms with Crippen LogP contribution in [0, 0.1) is 0 Å². The molecule has 0 aliphatic heterocycles. The van der Waals surface area contributed by atoms with Gasteiger partial charge >= 0.3 is 0 Å². The Balaban J connectivity index is 2.80. The van der Waals surface area contributed by atoms with E-state index in [-0.39, 0.29) is 23.8 Å². The molecule has 0 saturated heterocycles. The van der Waals surface area contributed by atoms with Crippen LogP contribution < -0.4 is 4.72 Å². The number of aliphatic hydroxyl groups excluding tert-OH is 1. The molecule has 2 N–H and O–H groups in total. The first-order valence-corrected chi connectivity index (χ1v) is 7.73. The lowest BCUT2D eigenvalue weighted by atomic mass is 10.1. The Hall–Kier alpha value is -1.24. The van der Waals surface area contributed by atoms with Crippen molar-refractivity contribution in [2.24, 2.45) is 0 Å². The summed E-state index contributed by atoms with van der Waals surface area (Å²) in [6, 6.07) is 6.02. The third-order valence-corrected chi connectivity index (χ3v) is 4.12. The Labute approximate surface area is 113 Å². The molecule has 19 heavy (non-hydrogen) atoms. The van der Waals surface area contributed by atoms with Crippen LogP contribution in [0.2, 0.25) is 0 Å². The topological polar surface area (TPSA) is 83.5 Å². The smallest absolute Gasteiger partial charge is 0.240 e. The van der Waals surface area contributed by atoms with Gasteiger partial charge in [0.1, 0.15) is 0 Å². The first-order valence-electron chi connectivity index (χ1n) is 6.25. The number of aliphatic hydroxyl groups is 1. The second kappa shape index (κ2) is 7.37. The van der Waals surface area contributed by atoms with Crippen molar-refractivity contribution in [3.8, 4) is 0 Å². The molecular weight excluding hydrogens is 266 g/mol. The quantitative estimate of drug-likeness (QED) is 0.557. The van der Waals surface area contributed by atoms with Crippen LogP contribution in [0.1, 0.15) is 36.5 Å². The molecule has 0 saturated carbocycles. The number of benzene rings is 1. The summed E-state index contributed by atoms with van der Waals surface area (Å²) in [4.78, 5) is 11.6. The molecule has 0 spiro atoms. The monoisotopic (exact) mass is 285 g/mol. The van der Waals surface area contributed by atoms with E-state index in [4.69, 9.17) is 5.11 Å². The van der Waals surface area contributed by atoms with Crippen molar-refractivity contribution in [2.45, 2.75) is 31.1 Å². The number of rotatable bonds is 8. The largest absolute Gasteiger partial charge is 0.396 e. The molecular formula is C13H19NO4S. The zero-order valence-corrected chi connectivity index (χ0v) is 11.7. The standard InChI is InChI=1S/C13H19NO4S/c1-2-13(16)11-6-5-7-12(10-11)19(17,18)14-8-3-4-9-15/h5-7,10,14-15H,2-4,8-9H2,1H3. The zero-order chi connectivity index (χ0) is 14.3. The average molecular weight is 285 g/mol. The fourth-order valence-electron chi connectivity index (χ4n) is 1.57. The minimum Gasteiger partial charge on any atom is -0.396 e. The first kappa shape index (κ1) is 15.8. The van der Waals surface area contributed by atoms with E-state index < -0.39 is 10.0 Å². The third-order valence-electron chi connectivity index (χ3n) is 2.66. The van der Waals surface area contributed by atoms with E-state index in [0.29, 0.717) is 24.8 Å². The van der Waals surface area contributed by atoms with E-state index in [0.717, 1.165) is 0 Å². The third kappa shape index (κ3) is 4.74. The Morgan fingerprint density at radius 3 is 2.68 bits per heavy atom. The number of Topliss-reactive ketones (excluding diaryl/α,β-unsaturated/α-hetero) is 1. The van der Waals surface area contributed by atoms with Gasteiger partial charge in [0.15, 0.2) is 5.78 Å². The molecule has 0 aliphatic carbocycles. The molecule has 0 unspecified atom stereocenters.